The van der Waals surface area contributed by atoms with Crippen molar-refractivity contribution in [2.24, 2.45) is 5.92 Å². The van der Waals surface area contributed by atoms with E-state index in [2.05, 4.69) is 0 Å². The van der Waals surface area contributed by atoms with Crippen LogP contribution in [-0.2, 0) is 4.79 Å². The fourth-order valence-electron chi connectivity index (χ4n) is 1.95. The maximum atomic E-state index is 10.7. The van der Waals surface area contributed by atoms with Crippen molar-refractivity contribution in [2.45, 2.75) is 31.7 Å². The van der Waals surface area contributed by atoms with Gasteiger partial charge in [-0.3, -0.25) is 4.90 Å². The molecular formula is C9H17NO. The van der Waals surface area contributed by atoms with Gasteiger partial charge >= 0.3 is 0 Å². The zero-order valence-corrected chi connectivity index (χ0v) is 7.42. The molecule has 0 bridgehead atoms. The minimum Gasteiger partial charge on any atom is -0.302 e. The number of rotatable bonds is 3. The van der Waals surface area contributed by atoms with Gasteiger partial charge in [-0.1, -0.05) is 12.8 Å². The Balaban J connectivity index is 2.46. The van der Waals surface area contributed by atoms with E-state index >= 15 is 0 Å². The minimum atomic E-state index is 0.164. The van der Waals surface area contributed by atoms with Crippen LogP contribution in [-0.4, -0.2) is 31.3 Å². The van der Waals surface area contributed by atoms with Crippen molar-refractivity contribution in [1.82, 2.24) is 4.90 Å². The summed E-state index contributed by atoms with van der Waals surface area (Å²) in [6.45, 7) is 0. The van der Waals surface area contributed by atoms with E-state index < -0.39 is 0 Å². The average molecular weight is 155 g/mol. The molecule has 1 unspecified atom stereocenters. The van der Waals surface area contributed by atoms with Gasteiger partial charge in [-0.2, -0.15) is 0 Å². The summed E-state index contributed by atoms with van der Waals surface area (Å²) in [5.74, 6) is 0.627. The van der Waals surface area contributed by atoms with Gasteiger partial charge in [0, 0.05) is 0 Å². The maximum Gasteiger partial charge on any atom is 0.137 e. The van der Waals surface area contributed by atoms with Crippen molar-refractivity contribution < 1.29 is 4.79 Å². The Labute approximate surface area is 68.6 Å². The SMILES string of the molecule is CN(C)C(C=O)C1CCCC1. The smallest absolute Gasteiger partial charge is 0.137 e. The molecule has 2 heteroatoms. The molecule has 2 nitrogen and oxygen atoms in total. The van der Waals surface area contributed by atoms with Crippen molar-refractivity contribution in [3.05, 3.63) is 0 Å². The predicted molar refractivity (Wildman–Crippen MR) is 45.5 cm³/mol. The zero-order chi connectivity index (χ0) is 8.27. The molecule has 0 amide bonds. The molecule has 0 heterocycles. The first-order chi connectivity index (χ1) is 5.25. The molecule has 1 saturated carbocycles. The molecule has 1 aliphatic rings. The molecule has 1 aliphatic carbocycles. The quantitative estimate of drug-likeness (QED) is 0.573. The highest BCUT2D eigenvalue weighted by molar-refractivity contribution is 5.58. The molecule has 0 aliphatic heterocycles. The van der Waals surface area contributed by atoms with Crippen molar-refractivity contribution >= 4 is 6.29 Å². The van der Waals surface area contributed by atoms with Gasteiger partial charge in [-0.05, 0) is 32.9 Å². The van der Waals surface area contributed by atoms with Gasteiger partial charge in [-0.25, -0.2) is 0 Å². The molecule has 0 aromatic carbocycles. The highest BCUT2D eigenvalue weighted by Crippen LogP contribution is 2.28. The van der Waals surface area contributed by atoms with Crippen molar-refractivity contribution in [3.63, 3.8) is 0 Å². The molecule has 1 atom stereocenters. The second-order valence-electron chi connectivity index (χ2n) is 3.63. The Morgan fingerprint density at radius 2 is 1.91 bits per heavy atom. The second-order valence-corrected chi connectivity index (χ2v) is 3.63. The lowest BCUT2D eigenvalue weighted by molar-refractivity contribution is -0.113. The first-order valence-electron chi connectivity index (χ1n) is 4.37. The number of hydrogen-bond acceptors (Lipinski definition) is 2. The van der Waals surface area contributed by atoms with Gasteiger partial charge in [0.25, 0.3) is 0 Å². The Kier molecular flexibility index (Phi) is 3.06. The second kappa shape index (κ2) is 3.86. The molecule has 0 saturated heterocycles. The molecule has 0 aromatic heterocycles. The van der Waals surface area contributed by atoms with E-state index in [-0.39, 0.29) is 6.04 Å². The van der Waals surface area contributed by atoms with Crippen molar-refractivity contribution in [2.75, 3.05) is 14.1 Å². The lowest BCUT2D eigenvalue weighted by atomic mass is 9.99. The first-order valence-corrected chi connectivity index (χ1v) is 4.37. The number of likely N-dealkylation sites (N-methyl/N-ethyl adjacent to an activating group) is 1. The van der Waals surface area contributed by atoms with Crippen LogP contribution in [0.2, 0.25) is 0 Å². The van der Waals surface area contributed by atoms with Crippen LogP contribution >= 0.6 is 0 Å². The topological polar surface area (TPSA) is 20.3 Å². The minimum absolute atomic E-state index is 0.164. The summed E-state index contributed by atoms with van der Waals surface area (Å²) in [6.07, 6.45) is 6.19. The summed E-state index contributed by atoms with van der Waals surface area (Å²) in [6, 6.07) is 0.164. The van der Waals surface area contributed by atoms with Crippen molar-refractivity contribution in [1.29, 1.82) is 0 Å². The maximum absolute atomic E-state index is 10.7. The number of carbonyl (C=O) groups excluding carboxylic acids is 1. The summed E-state index contributed by atoms with van der Waals surface area (Å²) in [5.41, 5.74) is 0. The van der Waals surface area contributed by atoms with Gasteiger partial charge in [0.15, 0.2) is 0 Å². The molecular weight excluding hydrogens is 138 g/mol. The van der Waals surface area contributed by atoms with Crippen molar-refractivity contribution in [3.8, 4) is 0 Å². The number of aldehydes is 1. The number of hydrogen-bond donors (Lipinski definition) is 0. The fraction of sp³-hybridized carbons (Fsp3) is 0.889. The van der Waals surface area contributed by atoms with E-state index in [1.54, 1.807) is 0 Å². The third-order valence-electron chi connectivity index (χ3n) is 2.62. The Morgan fingerprint density at radius 3 is 2.27 bits per heavy atom. The van der Waals surface area contributed by atoms with E-state index in [0.29, 0.717) is 5.92 Å². The third-order valence-corrected chi connectivity index (χ3v) is 2.62. The molecule has 0 spiro atoms. The summed E-state index contributed by atoms with van der Waals surface area (Å²) < 4.78 is 0. The standard InChI is InChI=1S/C9H17NO/c1-10(2)9(7-11)8-5-3-4-6-8/h7-9H,3-6H2,1-2H3. The summed E-state index contributed by atoms with van der Waals surface area (Å²) in [7, 11) is 3.97. The van der Waals surface area contributed by atoms with Crippen LogP contribution < -0.4 is 0 Å². The number of carbonyl (C=O) groups is 1. The van der Waals surface area contributed by atoms with E-state index in [1.165, 1.54) is 25.7 Å². The number of nitrogens with zero attached hydrogens (tertiary/aromatic N) is 1. The Morgan fingerprint density at radius 1 is 1.36 bits per heavy atom. The van der Waals surface area contributed by atoms with Gasteiger partial charge in [0.2, 0.25) is 0 Å². The molecule has 64 valence electrons. The molecule has 1 rings (SSSR count). The average Bonchev–Trinajstić information content (AvgIpc) is 2.40. The van der Waals surface area contributed by atoms with Crippen LogP contribution in [0.5, 0.6) is 0 Å². The Bertz CT molecular complexity index is 128. The van der Waals surface area contributed by atoms with Gasteiger partial charge in [0.05, 0.1) is 6.04 Å². The van der Waals surface area contributed by atoms with Crippen LogP contribution in [0.1, 0.15) is 25.7 Å². The highest BCUT2D eigenvalue weighted by atomic mass is 16.1. The molecule has 0 N–H and O–H groups in total. The Hall–Kier alpha value is -0.370. The fourth-order valence-corrected chi connectivity index (χ4v) is 1.95. The molecule has 1 fully saturated rings. The highest BCUT2D eigenvalue weighted by Gasteiger charge is 2.25. The van der Waals surface area contributed by atoms with Crippen LogP contribution in [0.25, 0.3) is 0 Å². The summed E-state index contributed by atoms with van der Waals surface area (Å²) >= 11 is 0. The van der Waals surface area contributed by atoms with Gasteiger partial charge < -0.3 is 4.79 Å². The largest absolute Gasteiger partial charge is 0.302 e. The normalized spacial score (nSPS) is 22.5. The van der Waals surface area contributed by atoms with Gasteiger partial charge in [-0.15, -0.1) is 0 Å². The lowest BCUT2D eigenvalue weighted by Crippen LogP contribution is -2.35. The van der Waals surface area contributed by atoms with E-state index in [0.717, 1.165) is 6.29 Å². The molecule has 0 radical (unpaired) electrons. The molecule has 0 aromatic rings. The lowest BCUT2D eigenvalue weighted by Gasteiger charge is -2.24. The monoisotopic (exact) mass is 155 g/mol. The van der Waals surface area contributed by atoms with Crippen LogP contribution in [0, 0.1) is 5.92 Å². The van der Waals surface area contributed by atoms with Crippen LogP contribution in [0.4, 0.5) is 0 Å². The predicted octanol–water partition coefficient (Wildman–Crippen LogP) is 1.31. The first kappa shape index (κ1) is 8.72. The summed E-state index contributed by atoms with van der Waals surface area (Å²) in [5, 5.41) is 0. The zero-order valence-electron chi connectivity index (χ0n) is 7.42. The van der Waals surface area contributed by atoms with E-state index in [4.69, 9.17) is 0 Å². The van der Waals surface area contributed by atoms with Crippen LogP contribution in [0.3, 0.4) is 0 Å². The van der Waals surface area contributed by atoms with Gasteiger partial charge in [0.1, 0.15) is 6.29 Å². The van der Waals surface area contributed by atoms with Crippen LogP contribution in [0.15, 0.2) is 0 Å². The summed E-state index contributed by atoms with van der Waals surface area (Å²) in [4.78, 5) is 12.7. The van der Waals surface area contributed by atoms with E-state index in [1.807, 2.05) is 19.0 Å². The van der Waals surface area contributed by atoms with E-state index in [9.17, 15) is 4.79 Å². The third kappa shape index (κ3) is 2.03. The molecule has 11 heavy (non-hydrogen) atoms.